The summed E-state index contributed by atoms with van der Waals surface area (Å²) >= 11 is 0. The molecule has 1 aliphatic carbocycles. The van der Waals surface area contributed by atoms with E-state index in [0.717, 1.165) is 29.2 Å². The highest BCUT2D eigenvalue weighted by Gasteiger charge is 2.55. The van der Waals surface area contributed by atoms with Gasteiger partial charge in [0.15, 0.2) is 17.3 Å². The van der Waals surface area contributed by atoms with Crippen molar-refractivity contribution in [2.45, 2.75) is 32.0 Å². The van der Waals surface area contributed by atoms with Gasteiger partial charge in [-0.05, 0) is 30.5 Å². The van der Waals surface area contributed by atoms with E-state index in [4.69, 9.17) is 18.9 Å². The Bertz CT molecular complexity index is 752. The van der Waals surface area contributed by atoms with E-state index in [9.17, 15) is 4.79 Å². The van der Waals surface area contributed by atoms with Crippen LogP contribution < -0.4 is 9.47 Å². The van der Waals surface area contributed by atoms with Gasteiger partial charge in [0.1, 0.15) is 18.0 Å². The molecule has 0 amide bonds. The highest BCUT2D eigenvalue weighted by molar-refractivity contribution is 5.95. The Morgan fingerprint density at radius 1 is 1.36 bits per heavy atom. The highest BCUT2D eigenvalue weighted by Crippen LogP contribution is 2.59. The zero-order valence-electron chi connectivity index (χ0n) is 14.5. The number of ketones is 1. The highest BCUT2D eigenvalue weighted by atomic mass is 16.7. The molecule has 0 bridgehead atoms. The lowest BCUT2D eigenvalue weighted by Gasteiger charge is -2.37. The van der Waals surface area contributed by atoms with Crippen molar-refractivity contribution in [3.05, 3.63) is 48.3 Å². The smallest absolute Gasteiger partial charge is 0.231 e. The van der Waals surface area contributed by atoms with Crippen molar-refractivity contribution in [1.82, 2.24) is 0 Å². The number of hydrogen-bond acceptors (Lipinski definition) is 5. The predicted octanol–water partition coefficient (Wildman–Crippen LogP) is 3.56. The lowest BCUT2D eigenvalue weighted by molar-refractivity contribution is -0.127. The van der Waals surface area contributed by atoms with Crippen molar-refractivity contribution in [2.24, 2.45) is 11.3 Å². The summed E-state index contributed by atoms with van der Waals surface area (Å²) in [5.74, 6) is 2.38. The molecule has 0 unspecified atom stereocenters. The number of carbonyl (C=O) groups excluding carboxylic acids is 1. The molecule has 3 aliphatic rings. The molecule has 5 nitrogen and oxygen atoms in total. The van der Waals surface area contributed by atoms with Crippen LogP contribution in [0.5, 0.6) is 11.5 Å². The molecular weight excluding hydrogens is 320 g/mol. The van der Waals surface area contributed by atoms with E-state index >= 15 is 0 Å². The minimum atomic E-state index is -0.426. The van der Waals surface area contributed by atoms with E-state index in [1.54, 1.807) is 13.2 Å². The summed E-state index contributed by atoms with van der Waals surface area (Å²) in [5, 5.41) is 0. The van der Waals surface area contributed by atoms with Crippen molar-refractivity contribution < 1.29 is 23.7 Å². The van der Waals surface area contributed by atoms with Gasteiger partial charge in [-0.15, -0.1) is 6.58 Å². The van der Waals surface area contributed by atoms with Crippen LogP contribution >= 0.6 is 0 Å². The van der Waals surface area contributed by atoms with Gasteiger partial charge in [-0.1, -0.05) is 19.1 Å². The van der Waals surface area contributed by atoms with E-state index in [2.05, 4.69) is 13.5 Å². The number of benzene rings is 1. The second-order valence-electron chi connectivity index (χ2n) is 6.93. The molecule has 1 aromatic carbocycles. The molecule has 2 heterocycles. The quantitative estimate of drug-likeness (QED) is 0.783. The Kier molecular flexibility index (Phi) is 3.84. The zero-order valence-corrected chi connectivity index (χ0v) is 14.5. The fourth-order valence-corrected chi connectivity index (χ4v) is 4.26. The third kappa shape index (κ3) is 2.37. The molecule has 0 N–H and O–H groups in total. The van der Waals surface area contributed by atoms with Gasteiger partial charge in [-0.2, -0.15) is 0 Å². The number of hydrogen-bond donors (Lipinski definition) is 0. The summed E-state index contributed by atoms with van der Waals surface area (Å²) in [6.07, 6.45) is 4.30. The summed E-state index contributed by atoms with van der Waals surface area (Å²) in [6.45, 7) is 6.33. The predicted molar refractivity (Wildman–Crippen MR) is 91.3 cm³/mol. The van der Waals surface area contributed by atoms with Crippen molar-refractivity contribution in [3.8, 4) is 11.5 Å². The first-order chi connectivity index (χ1) is 12.1. The van der Waals surface area contributed by atoms with Crippen LogP contribution in [0.1, 0.15) is 31.4 Å². The Morgan fingerprint density at radius 2 is 2.16 bits per heavy atom. The molecule has 1 aromatic rings. The van der Waals surface area contributed by atoms with E-state index in [1.165, 1.54) is 0 Å². The van der Waals surface area contributed by atoms with Crippen LogP contribution in [0.4, 0.5) is 0 Å². The molecule has 0 saturated carbocycles. The monoisotopic (exact) mass is 342 g/mol. The number of fused-ring (bicyclic) bond motifs is 2. The first-order valence-electron chi connectivity index (χ1n) is 8.55. The van der Waals surface area contributed by atoms with Crippen LogP contribution in [-0.4, -0.2) is 25.8 Å². The number of ether oxygens (including phenoxy) is 4. The molecule has 0 aromatic heterocycles. The Labute approximate surface area is 147 Å². The van der Waals surface area contributed by atoms with Crippen LogP contribution in [-0.2, 0) is 14.3 Å². The molecule has 1 saturated heterocycles. The van der Waals surface area contributed by atoms with E-state index in [1.807, 2.05) is 24.3 Å². The molecule has 1 fully saturated rings. The largest absolute Gasteiger partial charge is 0.489 e. The second kappa shape index (κ2) is 5.92. The van der Waals surface area contributed by atoms with Crippen molar-refractivity contribution in [3.63, 3.8) is 0 Å². The van der Waals surface area contributed by atoms with Crippen LogP contribution in [0.25, 0.3) is 0 Å². The fraction of sp³-hybridized carbons (Fsp3) is 0.450. The maximum Gasteiger partial charge on any atom is 0.231 e. The fourth-order valence-electron chi connectivity index (χ4n) is 4.26. The third-order valence-electron chi connectivity index (χ3n) is 5.73. The SMILES string of the molecule is C=CC[C@@]12C[C@H](OC)C(=O)C=C1O[C@H](c1ccc3c(c1)OCO3)[C@@H]2C. The number of methoxy groups -OCH3 is 1. The van der Waals surface area contributed by atoms with Crippen LogP contribution in [0, 0.1) is 11.3 Å². The standard InChI is InChI=1S/C20H22O5/c1-4-7-20-10-17(22-3)14(21)9-18(20)25-19(12(20)2)13-5-6-15-16(8-13)24-11-23-15/h4-6,8-9,12,17,19H,1,7,10-11H2,2-3H3/t12-,17-,19-,20-/m0/s1. The number of allylic oxidation sites excluding steroid dienone is 2. The molecule has 4 rings (SSSR count). The van der Waals surface area contributed by atoms with Crippen molar-refractivity contribution in [2.75, 3.05) is 13.9 Å². The summed E-state index contributed by atoms with van der Waals surface area (Å²) in [6, 6.07) is 5.88. The Hall–Kier alpha value is -2.27. The van der Waals surface area contributed by atoms with E-state index in [-0.39, 0.29) is 30.0 Å². The van der Waals surface area contributed by atoms with E-state index in [0.29, 0.717) is 6.42 Å². The number of carbonyl (C=O) groups is 1. The van der Waals surface area contributed by atoms with Gasteiger partial charge in [-0.25, -0.2) is 0 Å². The molecule has 2 aliphatic heterocycles. The van der Waals surface area contributed by atoms with Crippen LogP contribution in [0.15, 0.2) is 42.7 Å². The molecule has 4 atom stereocenters. The molecule has 25 heavy (non-hydrogen) atoms. The van der Waals surface area contributed by atoms with Gasteiger partial charge in [0.25, 0.3) is 0 Å². The summed E-state index contributed by atoms with van der Waals surface area (Å²) < 4.78 is 22.6. The minimum Gasteiger partial charge on any atom is -0.489 e. The topological polar surface area (TPSA) is 54.0 Å². The van der Waals surface area contributed by atoms with Gasteiger partial charge in [-0.3, -0.25) is 4.79 Å². The van der Waals surface area contributed by atoms with Crippen LogP contribution in [0.2, 0.25) is 0 Å². The average molecular weight is 342 g/mol. The van der Waals surface area contributed by atoms with Gasteiger partial charge < -0.3 is 18.9 Å². The Balaban J connectivity index is 1.73. The summed E-state index contributed by atoms with van der Waals surface area (Å²) in [7, 11) is 1.58. The van der Waals surface area contributed by atoms with Gasteiger partial charge in [0, 0.05) is 24.5 Å². The number of rotatable bonds is 4. The van der Waals surface area contributed by atoms with Gasteiger partial charge >= 0.3 is 0 Å². The first-order valence-corrected chi connectivity index (χ1v) is 8.55. The summed E-state index contributed by atoms with van der Waals surface area (Å²) in [4.78, 5) is 12.3. The molecule has 0 radical (unpaired) electrons. The molecule has 132 valence electrons. The normalized spacial score (nSPS) is 32.8. The van der Waals surface area contributed by atoms with Crippen molar-refractivity contribution in [1.29, 1.82) is 0 Å². The van der Waals surface area contributed by atoms with Crippen molar-refractivity contribution >= 4 is 5.78 Å². The first kappa shape index (κ1) is 16.2. The second-order valence-corrected chi connectivity index (χ2v) is 6.93. The molecular formula is C20H22O5. The summed E-state index contributed by atoms with van der Waals surface area (Å²) in [5.41, 5.74) is 0.758. The maximum atomic E-state index is 12.3. The van der Waals surface area contributed by atoms with Gasteiger partial charge in [0.05, 0.1) is 0 Å². The molecule has 0 spiro atoms. The van der Waals surface area contributed by atoms with Gasteiger partial charge in [0.2, 0.25) is 6.79 Å². The van der Waals surface area contributed by atoms with Crippen LogP contribution in [0.3, 0.4) is 0 Å². The Morgan fingerprint density at radius 3 is 2.92 bits per heavy atom. The lowest BCUT2D eigenvalue weighted by atomic mass is 9.65. The molecule has 5 heteroatoms. The maximum absolute atomic E-state index is 12.3. The van der Waals surface area contributed by atoms with E-state index < -0.39 is 6.10 Å². The lowest BCUT2D eigenvalue weighted by Crippen LogP contribution is -2.39. The minimum absolute atomic E-state index is 0.0317. The zero-order chi connectivity index (χ0) is 17.6. The third-order valence-corrected chi connectivity index (χ3v) is 5.73. The average Bonchev–Trinajstić information content (AvgIpc) is 3.18.